The lowest BCUT2D eigenvalue weighted by Gasteiger charge is -2.13. The quantitative estimate of drug-likeness (QED) is 0.250. The van der Waals surface area contributed by atoms with Crippen molar-refractivity contribution in [3.05, 3.63) is 81.8 Å². The molecule has 1 saturated heterocycles. The van der Waals surface area contributed by atoms with Gasteiger partial charge in [-0.1, -0.05) is 36.9 Å². The molecule has 0 bridgehead atoms. The van der Waals surface area contributed by atoms with E-state index in [0.717, 1.165) is 14.8 Å². The molecule has 0 saturated carbocycles. The van der Waals surface area contributed by atoms with Crippen molar-refractivity contribution >= 4 is 57.2 Å². The van der Waals surface area contributed by atoms with Crippen LogP contribution in [0.4, 0.5) is 5.69 Å². The lowest BCUT2D eigenvalue weighted by atomic mass is 10.2. The number of benzene rings is 2. The monoisotopic (exact) mass is 532 g/mol. The van der Waals surface area contributed by atoms with Crippen LogP contribution in [0, 0.1) is 3.57 Å². The average molecular weight is 532 g/mol. The summed E-state index contributed by atoms with van der Waals surface area (Å²) in [4.78, 5) is 19.8. The van der Waals surface area contributed by atoms with Gasteiger partial charge in [0.05, 0.1) is 21.3 Å². The summed E-state index contributed by atoms with van der Waals surface area (Å²) in [5, 5.41) is 0.630. The number of rotatable bonds is 8. The number of nitrogens with zero attached hydrogens (tertiary/aromatic N) is 2. The molecule has 2 aromatic rings. The number of para-hydroxylation sites is 1. The lowest BCUT2D eigenvalue weighted by Crippen LogP contribution is -2.29. The number of thioether (sulfide) groups is 1. The van der Waals surface area contributed by atoms with Crippen molar-refractivity contribution < 1.29 is 14.3 Å². The molecule has 0 unspecified atom stereocenters. The molecule has 0 aliphatic carbocycles. The number of hydrogen-bond acceptors (Lipinski definition) is 5. The van der Waals surface area contributed by atoms with Crippen LogP contribution in [-0.4, -0.2) is 36.2 Å². The van der Waals surface area contributed by atoms with Crippen molar-refractivity contribution in [3.8, 4) is 11.5 Å². The summed E-state index contributed by atoms with van der Waals surface area (Å²) in [6, 6.07) is 13.4. The summed E-state index contributed by atoms with van der Waals surface area (Å²) >= 11 is 3.54. The molecule has 0 radical (unpaired) electrons. The Kier molecular flexibility index (Phi) is 7.75. The van der Waals surface area contributed by atoms with Gasteiger partial charge < -0.3 is 9.47 Å². The second-order valence-electron chi connectivity index (χ2n) is 6.18. The Bertz CT molecular complexity index is 1020. The standard InChI is InChI=1S/C23H21IN2O3S/c1-4-11-26-22(27)20(30-23(26)25-17-9-7-6-8-10-17)15-16-13-18(24)21(29-12-5-2)19(14-16)28-3/h4-10,13-15H,1-2,11-12H2,3H3/b20-15+,25-23?. The summed E-state index contributed by atoms with van der Waals surface area (Å²) < 4.78 is 12.1. The molecule has 30 heavy (non-hydrogen) atoms. The van der Waals surface area contributed by atoms with E-state index in [1.165, 1.54) is 11.8 Å². The van der Waals surface area contributed by atoms with Crippen LogP contribution in [0.1, 0.15) is 5.56 Å². The first-order chi connectivity index (χ1) is 14.6. The molecule has 0 spiro atoms. The number of carbonyl (C=O) groups excluding carboxylic acids is 1. The van der Waals surface area contributed by atoms with Gasteiger partial charge in [0.15, 0.2) is 16.7 Å². The molecule has 1 aliphatic heterocycles. The summed E-state index contributed by atoms with van der Waals surface area (Å²) in [5.41, 5.74) is 1.64. The summed E-state index contributed by atoms with van der Waals surface area (Å²) in [7, 11) is 1.59. The minimum atomic E-state index is -0.101. The van der Waals surface area contributed by atoms with Crippen LogP contribution in [0.5, 0.6) is 11.5 Å². The molecular weight excluding hydrogens is 511 g/mol. The maximum Gasteiger partial charge on any atom is 0.267 e. The SMILES string of the molecule is C=CCOc1c(I)cc(/C=C2/SC(=Nc3ccccc3)N(CC=C)C2=O)cc1OC. The number of methoxy groups -OCH3 is 1. The van der Waals surface area contributed by atoms with Gasteiger partial charge in [-0.15, -0.1) is 6.58 Å². The van der Waals surface area contributed by atoms with Gasteiger partial charge in [-0.2, -0.15) is 0 Å². The molecule has 2 aromatic carbocycles. The molecule has 0 aromatic heterocycles. The highest BCUT2D eigenvalue weighted by Crippen LogP contribution is 2.38. The number of ether oxygens (including phenoxy) is 2. The Balaban J connectivity index is 1.96. The highest BCUT2D eigenvalue weighted by Gasteiger charge is 2.32. The van der Waals surface area contributed by atoms with Crippen molar-refractivity contribution in [2.45, 2.75) is 0 Å². The van der Waals surface area contributed by atoms with Crippen molar-refractivity contribution in [1.82, 2.24) is 4.90 Å². The molecular formula is C23H21IN2O3S. The zero-order valence-electron chi connectivity index (χ0n) is 16.5. The number of amidine groups is 1. The number of halogens is 1. The fourth-order valence-corrected chi connectivity index (χ4v) is 4.54. The maximum absolute atomic E-state index is 13.0. The average Bonchev–Trinajstić information content (AvgIpc) is 3.02. The molecule has 0 atom stereocenters. The zero-order valence-corrected chi connectivity index (χ0v) is 19.5. The molecule has 7 heteroatoms. The number of carbonyl (C=O) groups is 1. The third kappa shape index (κ3) is 5.14. The van der Waals surface area contributed by atoms with E-state index in [-0.39, 0.29) is 5.91 Å². The van der Waals surface area contributed by atoms with E-state index >= 15 is 0 Å². The van der Waals surface area contributed by atoms with Gasteiger partial charge in [0.1, 0.15) is 6.61 Å². The van der Waals surface area contributed by atoms with Crippen LogP contribution in [0.15, 0.2) is 77.7 Å². The van der Waals surface area contributed by atoms with Gasteiger partial charge in [0, 0.05) is 6.54 Å². The van der Waals surface area contributed by atoms with E-state index in [9.17, 15) is 4.79 Å². The third-order valence-corrected chi connectivity index (χ3v) is 5.88. The molecule has 5 nitrogen and oxygen atoms in total. The Hall–Kier alpha value is -2.52. The second-order valence-corrected chi connectivity index (χ2v) is 8.35. The van der Waals surface area contributed by atoms with Gasteiger partial charge in [0.2, 0.25) is 0 Å². The summed E-state index contributed by atoms with van der Waals surface area (Å²) in [6.07, 6.45) is 5.22. The minimum Gasteiger partial charge on any atom is -0.493 e. The predicted molar refractivity (Wildman–Crippen MR) is 132 cm³/mol. The van der Waals surface area contributed by atoms with Gasteiger partial charge in [-0.05, 0) is 70.3 Å². The van der Waals surface area contributed by atoms with E-state index in [1.807, 2.05) is 48.5 Å². The van der Waals surface area contributed by atoms with Crippen LogP contribution in [-0.2, 0) is 4.79 Å². The molecule has 0 N–H and O–H groups in total. The summed E-state index contributed by atoms with van der Waals surface area (Å²) in [6.45, 7) is 8.21. The first-order valence-electron chi connectivity index (χ1n) is 9.14. The molecule has 1 aliphatic rings. The molecule has 1 heterocycles. The Morgan fingerprint density at radius 1 is 1.20 bits per heavy atom. The van der Waals surface area contributed by atoms with Crippen molar-refractivity contribution in [2.75, 3.05) is 20.3 Å². The highest BCUT2D eigenvalue weighted by molar-refractivity contribution is 14.1. The summed E-state index contributed by atoms with van der Waals surface area (Å²) in [5.74, 6) is 1.16. The predicted octanol–water partition coefficient (Wildman–Crippen LogP) is 5.65. The van der Waals surface area contributed by atoms with Crippen LogP contribution in [0.2, 0.25) is 0 Å². The Labute approximate surface area is 194 Å². The van der Waals surface area contributed by atoms with Crippen LogP contribution in [0.3, 0.4) is 0 Å². The number of hydrogen-bond donors (Lipinski definition) is 0. The van der Waals surface area contributed by atoms with E-state index in [2.05, 4.69) is 40.7 Å². The number of amides is 1. The Morgan fingerprint density at radius 3 is 2.63 bits per heavy atom. The third-order valence-electron chi connectivity index (χ3n) is 4.08. The lowest BCUT2D eigenvalue weighted by molar-refractivity contribution is -0.121. The number of aliphatic imine (C=N–C) groups is 1. The van der Waals surface area contributed by atoms with E-state index in [4.69, 9.17) is 9.47 Å². The van der Waals surface area contributed by atoms with Crippen molar-refractivity contribution in [2.24, 2.45) is 4.99 Å². The van der Waals surface area contributed by atoms with Gasteiger partial charge in [-0.25, -0.2) is 4.99 Å². The fraction of sp³-hybridized carbons (Fsp3) is 0.130. The minimum absolute atomic E-state index is 0.101. The molecule has 1 amide bonds. The molecule has 3 rings (SSSR count). The van der Waals surface area contributed by atoms with E-state index < -0.39 is 0 Å². The topological polar surface area (TPSA) is 51.1 Å². The van der Waals surface area contributed by atoms with Crippen LogP contribution in [0.25, 0.3) is 6.08 Å². The van der Waals surface area contributed by atoms with E-state index in [0.29, 0.717) is 34.7 Å². The molecule has 1 fully saturated rings. The van der Waals surface area contributed by atoms with Crippen LogP contribution < -0.4 is 9.47 Å². The van der Waals surface area contributed by atoms with Gasteiger partial charge in [-0.3, -0.25) is 9.69 Å². The largest absolute Gasteiger partial charge is 0.493 e. The van der Waals surface area contributed by atoms with Gasteiger partial charge in [0.25, 0.3) is 5.91 Å². The van der Waals surface area contributed by atoms with Gasteiger partial charge >= 0.3 is 0 Å². The molecule has 154 valence electrons. The van der Waals surface area contributed by atoms with Crippen molar-refractivity contribution in [1.29, 1.82) is 0 Å². The first-order valence-corrected chi connectivity index (χ1v) is 11.0. The van der Waals surface area contributed by atoms with Crippen molar-refractivity contribution in [3.63, 3.8) is 0 Å². The van der Waals surface area contributed by atoms with Crippen LogP contribution >= 0.6 is 34.4 Å². The Morgan fingerprint density at radius 2 is 1.97 bits per heavy atom. The van der Waals surface area contributed by atoms with E-state index in [1.54, 1.807) is 24.2 Å². The normalized spacial score (nSPS) is 16.2. The fourth-order valence-electron chi connectivity index (χ4n) is 2.75. The highest BCUT2D eigenvalue weighted by atomic mass is 127. The smallest absolute Gasteiger partial charge is 0.267 e. The first kappa shape index (κ1) is 22.2. The second kappa shape index (κ2) is 10.5. The maximum atomic E-state index is 13.0. The zero-order chi connectivity index (χ0) is 21.5.